The van der Waals surface area contributed by atoms with Crippen molar-refractivity contribution in [2.24, 2.45) is 5.92 Å². The maximum Gasteiger partial charge on any atom is 0.0874 e. The molecule has 2 nitrogen and oxygen atoms in total. The molecule has 2 heteroatoms. The molecular weight excluding hydrogens is 152 g/mol. The fourth-order valence-electron chi connectivity index (χ4n) is 1.21. The fraction of sp³-hybridized carbons (Fsp3) is 1.00. The first-order valence-electron chi connectivity index (χ1n) is 4.87. The normalized spacial score (nSPS) is 16.5. The average Bonchev–Trinajstić information content (AvgIpc) is 2.03. The summed E-state index contributed by atoms with van der Waals surface area (Å²) in [5, 5.41) is 18.6. The molecule has 12 heavy (non-hydrogen) atoms. The van der Waals surface area contributed by atoms with Crippen molar-refractivity contribution in [2.75, 3.05) is 6.61 Å². The summed E-state index contributed by atoms with van der Waals surface area (Å²) in [4.78, 5) is 0. The number of aliphatic hydroxyl groups is 2. The Labute approximate surface area is 75.6 Å². The van der Waals surface area contributed by atoms with Crippen LogP contribution in [0.15, 0.2) is 0 Å². The van der Waals surface area contributed by atoms with Gasteiger partial charge >= 0.3 is 0 Å². The molecular formula is C10H22O2. The zero-order valence-electron chi connectivity index (χ0n) is 8.51. The molecule has 1 atom stereocenters. The number of hydrogen-bond acceptors (Lipinski definition) is 2. The summed E-state index contributed by atoms with van der Waals surface area (Å²) >= 11 is 0. The quantitative estimate of drug-likeness (QED) is 0.646. The van der Waals surface area contributed by atoms with E-state index >= 15 is 0 Å². The molecule has 2 N–H and O–H groups in total. The van der Waals surface area contributed by atoms with Crippen LogP contribution in [0.4, 0.5) is 0 Å². The van der Waals surface area contributed by atoms with E-state index in [-0.39, 0.29) is 6.61 Å². The van der Waals surface area contributed by atoms with Gasteiger partial charge in [0.25, 0.3) is 0 Å². The first kappa shape index (κ1) is 11.9. The van der Waals surface area contributed by atoms with E-state index in [1.54, 1.807) is 0 Å². The number of hydrogen-bond donors (Lipinski definition) is 2. The van der Waals surface area contributed by atoms with Crippen molar-refractivity contribution in [3.05, 3.63) is 0 Å². The van der Waals surface area contributed by atoms with E-state index in [4.69, 9.17) is 5.11 Å². The Morgan fingerprint density at radius 2 is 1.92 bits per heavy atom. The molecule has 0 aromatic carbocycles. The molecule has 0 aliphatic rings. The Kier molecular flexibility index (Phi) is 5.51. The molecule has 74 valence electrons. The van der Waals surface area contributed by atoms with Crippen LogP contribution in [-0.2, 0) is 0 Å². The van der Waals surface area contributed by atoms with Gasteiger partial charge in [-0.25, -0.2) is 0 Å². The Bertz CT molecular complexity index is 106. The zero-order valence-corrected chi connectivity index (χ0v) is 8.51. The second kappa shape index (κ2) is 5.55. The van der Waals surface area contributed by atoms with Gasteiger partial charge in [0.15, 0.2) is 0 Å². The van der Waals surface area contributed by atoms with E-state index in [2.05, 4.69) is 13.8 Å². The van der Waals surface area contributed by atoms with Gasteiger partial charge in [-0.1, -0.05) is 33.6 Å². The molecule has 0 heterocycles. The van der Waals surface area contributed by atoms with Crippen LogP contribution < -0.4 is 0 Å². The highest BCUT2D eigenvalue weighted by Crippen LogP contribution is 2.19. The lowest BCUT2D eigenvalue weighted by Gasteiger charge is -2.24. The standard InChI is InChI=1S/C10H22O2/c1-4-10(12,8-11)7-5-6-9(2)3/h9,11-12H,4-8H2,1-3H3. The molecule has 0 amide bonds. The molecule has 0 bridgehead atoms. The van der Waals surface area contributed by atoms with Crippen LogP contribution in [0.2, 0.25) is 0 Å². The van der Waals surface area contributed by atoms with E-state index in [1.807, 2.05) is 6.92 Å². The highest BCUT2D eigenvalue weighted by atomic mass is 16.3. The molecule has 0 aliphatic heterocycles. The van der Waals surface area contributed by atoms with Crippen LogP contribution in [0, 0.1) is 5.92 Å². The Morgan fingerprint density at radius 1 is 1.33 bits per heavy atom. The van der Waals surface area contributed by atoms with Gasteiger partial charge in [0, 0.05) is 0 Å². The number of rotatable bonds is 6. The summed E-state index contributed by atoms with van der Waals surface area (Å²) in [6, 6.07) is 0. The number of aliphatic hydroxyl groups excluding tert-OH is 1. The lowest BCUT2D eigenvalue weighted by molar-refractivity contribution is -0.0263. The molecule has 0 spiro atoms. The van der Waals surface area contributed by atoms with Crippen LogP contribution in [0.5, 0.6) is 0 Å². The SMILES string of the molecule is CCC(O)(CO)CCCC(C)C. The lowest BCUT2D eigenvalue weighted by Crippen LogP contribution is -2.32. The van der Waals surface area contributed by atoms with Crippen molar-refractivity contribution in [3.63, 3.8) is 0 Å². The molecule has 0 aliphatic carbocycles. The molecule has 1 unspecified atom stereocenters. The van der Waals surface area contributed by atoms with E-state index < -0.39 is 5.60 Å². The van der Waals surface area contributed by atoms with Crippen LogP contribution in [-0.4, -0.2) is 22.4 Å². The highest BCUT2D eigenvalue weighted by molar-refractivity contribution is 4.75. The van der Waals surface area contributed by atoms with Crippen molar-refractivity contribution in [1.29, 1.82) is 0 Å². The summed E-state index contributed by atoms with van der Waals surface area (Å²) < 4.78 is 0. The first-order valence-corrected chi connectivity index (χ1v) is 4.87. The van der Waals surface area contributed by atoms with Crippen molar-refractivity contribution < 1.29 is 10.2 Å². The molecule has 0 radical (unpaired) electrons. The molecule has 0 aromatic rings. The van der Waals surface area contributed by atoms with Gasteiger partial charge in [0.05, 0.1) is 12.2 Å². The topological polar surface area (TPSA) is 40.5 Å². The summed E-state index contributed by atoms with van der Waals surface area (Å²) in [6.07, 6.45) is 3.49. The third-order valence-electron chi connectivity index (χ3n) is 2.38. The van der Waals surface area contributed by atoms with Gasteiger partial charge in [0.1, 0.15) is 0 Å². The van der Waals surface area contributed by atoms with Crippen molar-refractivity contribution >= 4 is 0 Å². The maximum atomic E-state index is 9.69. The van der Waals surface area contributed by atoms with Crippen LogP contribution in [0.1, 0.15) is 46.5 Å². The predicted octanol–water partition coefficient (Wildman–Crippen LogP) is 1.95. The fourth-order valence-corrected chi connectivity index (χ4v) is 1.21. The van der Waals surface area contributed by atoms with E-state index in [0.717, 1.165) is 19.3 Å². The zero-order chi connectivity index (χ0) is 9.61. The van der Waals surface area contributed by atoms with E-state index in [1.165, 1.54) is 0 Å². The van der Waals surface area contributed by atoms with Gasteiger partial charge in [0.2, 0.25) is 0 Å². The summed E-state index contributed by atoms with van der Waals surface area (Å²) in [5.74, 6) is 0.685. The smallest absolute Gasteiger partial charge is 0.0874 e. The summed E-state index contributed by atoms with van der Waals surface area (Å²) in [7, 11) is 0. The third kappa shape index (κ3) is 4.73. The third-order valence-corrected chi connectivity index (χ3v) is 2.38. The predicted molar refractivity (Wildman–Crippen MR) is 51.0 cm³/mol. The minimum absolute atomic E-state index is 0.110. The van der Waals surface area contributed by atoms with Gasteiger partial charge in [-0.3, -0.25) is 0 Å². The minimum atomic E-state index is -0.825. The monoisotopic (exact) mass is 174 g/mol. The van der Waals surface area contributed by atoms with Gasteiger partial charge in [-0.05, 0) is 18.8 Å². The molecule has 0 aromatic heterocycles. The highest BCUT2D eigenvalue weighted by Gasteiger charge is 2.22. The second-order valence-corrected chi connectivity index (χ2v) is 4.02. The second-order valence-electron chi connectivity index (χ2n) is 4.02. The van der Waals surface area contributed by atoms with E-state index in [0.29, 0.717) is 12.3 Å². The van der Waals surface area contributed by atoms with Gasteiger partial charge in [-0.2, -0.15) is 0 Å². The molecule has 0 rings (SSSR count). The van der Waals surface area contributed by atoms with Crippen LogP contribution in [0.25, 0.3) is 0 Å². The van der Waals surface area contributed by atoms with Crippen molar-refractivity contribution in [3.8, 4) is 0 Å². The molecule has 0 fully saturated rings. The largest absolute Gasteiger partial charge is 0.393 e. The summed E-state index contributed by atoms with van der Waals surface area (Å²) in [5.41, 5.74) is -0.825. The van der Waals surface area contributed by atoms with Crippen LogP contribution in [0.3, 0.4) is 0 Å². The minimum Gasteiger partial charge on any atom is -0.393 e. The summed E-state index contributed by atoms with van der Waals surface area (Å²) in [6.45, 7) is 6.14. The van der Waals surface area contributed by atoms with Crippen molar-refractivity contribution in [1.82, 2.24) is 0 Å². The first-order chi connectivity index (χ1) is 5.54. The maximum absolute atomic E-state index is 9.69. The molecule has 0 saturated carbocycles. The Hall–Kier alpha value is -0.0800. The van der Waals surface area contributed by atoms with Gasteiger partial charge in [-0.15, -0.1) is 0 Å². The lowest BCUT2D eigenvalue weighted by atomic mass is 9.93. The Morgan fingerprint density at radius 3 is 2.25 bits per heavy atom. The van der Waals surface area contributed by atoms with Gasteiger partial charge < -0.3 is 10.2 Å². The average molecular weight is 174 g/mol. The van der Waals surface area contributed by atoms with E-state index in [9.17, 15) is 5.11 Å². The molecule has 0 saturated heterocycles. The van der Waals surface area contributed by atoms with Crippen molar-refractivity contribution in [2.45, 2.75) is 52.1 Å². The Balaban J connectivity index is 3.58. The van der Waals surface area contributed by atoms with Crippen LogP contribution >= 0.6 is 0 Å².